The van der Waals surface area contributed by atoms with Crippen molar-refractivity contribution < 1.29 is 0 Å². The Morgan fingerprint density at radius 1 is 0.867 bits per heavy atom. The van der Waals surface area contributed by atoms with Crippen LogP contribution in [0.15, 0.2) is 18.2 Å². The van der Waals surface area contributed by atoms with Crippen LogP contribution < -0.4 is 0 Å². The number of hydrogen-bond acceptors (Lipinski definition) is 0. The summed E-state index contributed by atoms with van der Waals surface area (Å²) >= 11 is 0. The fourth-order valence-corrected chi connectivity index (χ4v) is 1.99. The lowest BCUT2D eigenvalue weighted by atomic mass is 9.94. The molecule has 0 N–H and O–H groups in total. The fourth-order valence-electron chi connectivity index (χ4n) is 1.99. The first-order valence-electron chi connectivity index (χ1n) is 6.30. The Morgan fingerprint density at radius 3 is 1.67 bits per heavy atom. The molecule has 1 aromatic carbocycles. The summed E-state index contributed by atoms with van der Waals surface area (Å²) in [4.78, 5) is 0. The molecule has 0 radical (unpaired) electrons. The van der Waals surface area contributed by atoms with Gasteiger partial charge in [-0.2, -0.15) is 0 Å². The van der Waals surface area contributed by atoms with Crippen molar-refractivity contribution >= 4 is 0 Å². The van der Waals surface area contributed by atoms with Crippen LogP contribution in [0.25, 0.3) is 0 Å². The van der Waals surface area contributed by atoms with Crippen LogP contribution in [0, 0.1) is 0 Å². The first kappa shape index (κ1) is 12.3. The van der Waals surface area contributed by atoms with E-state index in [9.17, 15) is 0 Å². The molecule has 0 bridgehead atoms. The second kappa shape index (κ2) is 5.95. The Hall–Kier alpha value is -0.780. The summed E-state index contributed by atoms with van der Waals surface area (Å²) < 4.78 is 0. The van der Waals surface area contributed by atoms with Crippen molar-refractivity contribution in [2.75, 3.05) is 0 Å². The van der Waals surface area contributed by atoms with Crippen molar-refractivity contribution in [1.29, 1.82) is 0 Å². The largest absolute Gasteiger partial charge is 0.0651 e. The van der Waals surface area contributed by atoms with E-state index in [0.717, 1.165) is 0 Å². The lowest BCUT2D eigenvalue weighted by Gasteiger charge is -2.11. The normalized spacial score (nSPS) is 11.0. The number of rotatable bonds is 5. The van der Waals surface area contributed by atoms with Crippen LogP contribution in [0.2, 0.25) is 0 Å². The number of benzene rings is 1. The second-order valence-corrected chi connectivity index (χ2v) is 4.74. The Kier molecular flexibility index (Phi) is 4.87. The first-order valence-corrected chi connectivity index (χ1v) is 6.30. The third-order valence-electron chi connectivity index (χ3n) is 2.82. The average molecular weight is 204 g/mol. The van der Waals surface area contributed by atoms with Crippen LogP contribution in [0.3, 0.4) is 0 Å². The van der Waals surface area contributed by atoms with Gasteiger partial charge in [-0.15, -0.1) is 0 Å². The number of aryl methyl sites for hydroxylation is 2. The molecular formula is C15H24. The van der Waals surface area contributed by atoms with Gasteiger partial charge in [-0.25, -0.2) is 0 Å². The van der Waals surface area contributed by atoms with E-state index in [1.54, 1.807) is 0 Å². The smallest absolute Gasteiger partial charge is 0.0219 e. The molecule has 1 rings (SSSR count). The van der Waals surface area contributed by atoms with E-state index in [4.69, 9.17) is 0 Å². The quantitative estimate of drug-likeness (QED) is 0.651. The van der Waals surface area contributed by atoms with E-state index >= 15 is 0 Å². The molecule has 0 amide bonds. The third kappa shape index (κ3) is 3.70. The highest BCUT2D eigenvalue weighted by molar-refractivity contribution is 5.32. The van der Waals surface area contributed by atoms with Gasteiger partial charge >= 0.3 is 0 Å². The lowest BCUT2D eigenvalue weighted by molar-refractivity contribution is 0.839. The molecule has 0 heterocycles. The van der Waals surface area contributed by atoms with Gasteiger partial charge in [-0.3, -0.25) is 0 Å². The van der Waals surface area contributed by atoms with Crippen LogP contribution in [0.5, 0.6) is 0 Å². The van der Waals surface area contributed by atoms with Crippen molar-refractivity contribution in [3.63, 3.8) is 0 Å². The van der Waals surface area contributed by atoms with E-state index in [0.29, 0.717) is 5.92 Å². The fraction of sp³-hybridized carbons (Fsp3) is 0.600. The van der Waals surface area contributed by atoms with Gasteiger partial charge in [0.1, 0.15) is 0 Å². The minimum atomic E-state index is 0.650. The molecule has 0 saturated carbocycles. The van der Waals surface area contributed by atoms with Gasteiger partial charge in [0.05, 0.1) is 0 Å². The average Bonchev–Trinajstić information content (AvgIpc) is 2.18. The molecule has 0 aliphatic rings. The summed E-state index contributed by atoms with van der Waals surface area (Å²) in [5.41, 5.74) is 4.55. The highest BCUT2D eigenvalue weighted by Crippen LogP contribution is 2.20. The summed E-state index contributed by atoms with van der Waals surface area (Å²) in [6, 6.07) is 7.15. The summed E-state index contributed by atoms with van der Waals surface area (Å²) in [7, 11) is 0. The minimum Gasteiger partial charge on any atom is -0.0651 e. The Morgan fingerprint density at radius 2 is 1.33 bits per heavy atom. The second-order valence-electron chi connectivity index (χ2n) is 4.74. The Balaban J connectivity index is 2.97. The predicted molar refractivity (Wildman–Crippen MR) is 68.5 cm³/mol. The van der Waals surface area contributed by atoms with Gasteiger partial charge in [-0.1, -0.05) is 58.7 Å². The molecule has 0 heteroatoms. The summed E-state index contributed by atoms with van der Waals surface area (Å²) in [6.45, 7) is 9.06. The maximum Gasteiger partial charge on any atom is -0.0219 e. The zero-order valence-corrected chi connectivity index (χ0v) is 10.6. The molecule has 0 saturated heterocycles. The van der Waals surface area contributed by atoms with E-state index < -0.39 is 0 Å². The first-order chi connectivity index (χ1) is 7.17. The monoisotopic (exact) mass is 204 g/mol. The van der Waals surface area contributed by atoms with Crippen LogP contribution >= 0.6 is 0 Å². The van der Waals surface area contributed by atoms with E-state index in [2.05, 4.69) is 45.9 Å². The summed E-state index contributed by atoms with van der Waals surface area (Å²) in [5.74, 6) is 0.650. The van der Waals surface area contributed by atoms with E-state index in [1.165, 1.54) is 42.4 Å². The van der Waals surface area contributed by atoms with Gasteiger partial charge < -0.3 is 0 Å². The number of hydrogen-bond donors (Lipinski definition) is 0. The molecule has 0 unspecified atom stereocenters. The van der Waals surface area contributed by atoms with Gasteiger partial charge in [0.25, 0.3) is 0 Å². The van der Waals surface area contributed by atoms with E-state index in [1.807, 2.05) is 0 Å². The van der Waals surface area contributed by atoms with Crippen molar-refractivity contribution in [1.82, 2.24) is 0 Å². The van der Waals surface area contributed by atoms with Crippen LogP contribution in [0.4, 0.5) is 0 Å². The van der Waals surface area contributed by atoms with Crippen LogP contribution in [-0.4, -0.2) is 0 Å². The Bertz CT molecular complexity index is 273. The molecule has 0 atom stereocenters. The predicted octanol–water partition coefficient (Wildman–Crippen LogP) is 4.72. The van der Waals surface area contributed by atoms with Crippen molar-refractivity contribution in [3.05, 3.63) is 34.9 Å². The molecule has 0 aliphatic heterocycles. The summed E-state index contributed by atoms with van der Waals surface area (Å²) in [5, 5.41) is 0. The Labute approximate surface area is 94.7 Å². The summed E-state index contributed by atoms with van der Waals surface area (Å²) in [6.07, 6.45) is 4.93. The topological polar surface area (TPSA) is 0 Å². The maximum atomic E-state index is 2.39. The molecule has 84 valence electrons. The molecule has 0 aliphatic carbocycles. The van der Waals surface area contributed by atoms with E-state index in [-0.39, 0.29) is 0 Å². The minimum absolute atomic E-state index is 0.650. The standard InChI is InChI=1S/C15H24/c1-5-7-13-9-14(8-6-2)11-15(10-13)12(3)4/h9-12H,5-8H2,1-4H3. The maximum absolute atomic E-state index is 2.39. The molecule has 0 aromatic heterocycles. The molecule has 15 heavy (non-hydrogen) atoms. The van der Waals surface area contributed by atoms with Gasteiger partial charge in [0, 0.05) is 0 Å². The van der Waals surface area contributed by atoms with Crippen LogP contribution in [0.1, 0.15) is 63.1 Å². The van der Waals surface area contributed by atoms with Gasteiger partial charge in [0.2, 0.25) is 0 Å². The molecule has 0 nitrogen and oxygen atoms in total. The van der Waals surface area contributed by atoms with Gasteiger partial charge in [-0.05, 0) is 35.4 Å². The SMILES string of the molecule is CCCc1cc(CCC)cc(C(C)C)c1. The van der Waals surface area contributed by atoms with Crippen molar-refractivity contribution in [2.45, 2.75) is 59.3 Å². The highest BCUT2D eigenvalue weighted by Gasteiger charge is 2.03. The zero-order chi connectivity index (χ0) is 11.3. The van der Waals surface area contributed by atoms with Crippen molar-refractivity contribution in [2.24, 2.45) is 0 Å². The third-order valence-corrected chi connectivity index (χ3v) is 2.82. The van der Waals surface area contributed by atoms with Crippen molar-refractivity contribution in [3.8, 4) is 0 Å². The zero-order valence-electron chi connectivity index (χ0n) is 10.6. The molecule has 0 fully saturated rings. The lowest BCUT2D eigenvalue weighted by Crippen LogP contribution is -1.95. The molecule has 0 spiro atoms. The molecular weight excluding hydrogens is 180 g/mol. The molecule has 1 aromatic rings. The van der Waals surface area contributed by atoms with Crippen LogP contribution in [-0.2, 0) is 12.8 Å². The highest BCUT2D eigenvalue weighted by atomic mass is 14.1. The van der Waals surface area contributed by atoms with Gasteiger partial charge in [0.15, 0.2) is 0 Å².